The molecule has 4 rings (SSSR count). The summed E-state index contributed by atoms with van der Waals surface area (Å²) in [6, 6.07) is 15.5. The van der Waals surface area contributed by atoms with E-state index < -0.39 is 0 Å². The average Bonchev–Trinajstić information content (AvgIpc) is 2.62. The fourth-order valence-electron chi connectivity index (χ4n) is 4.06. The molecule has 1 fully saturated rings. The Morgan fingerprint density at radius 1 is 1.17 bits per heavy atom. The molecule has 2 aliphatic rings. The third kappa shape index (κ3) is 2.78. The Hall–Kier alpha value is -2.00. The number of hydrogen-bond acceptors (Lipinski definition) is 3. The minimum absolute atomic E-state index is 0.200. The number of hydrogen-bond donors (Lipinski definition) is 1. The predicted molar refractivity (Wildman–Crippen MR) is 96.6 cm³/mol. The third-order valence-electron chi connectivity index (χ3n) is 5.17. The van der Waals surface area contributed by atoms with Crippen molar-refractivity contribution in [1.29, 1.82) is 0 Å². The lowest BCUT2D eigenvalue weighted by Gasteiger charge is -2.43. The van der Waals surface area contributed by atoms with E-state index in [1.54, 1.807) is 0 Å². The van der Waals surface area contributed by atoms with E-state index in [0.29, 0.717) is 18.6 Å². The molecular weight excluding hydrogens is 298 g/mol. The van der Waals surface area contributed by atoms with Gasteiger partial charge in [0.05, 0.1) is 18.8 Å². The molecule has 126 valence electrons. The number of rotatable bonds is 3. The van der Waals surface area contributed by atoms with Crippen LogP contribution in [0.15, 0.2) is 42.5 Å². The molecule has 3 nitrogen and oxygen atoms in total. The Bertz CT molecular complexity index is 710. The summed E-state index contributed by atoms with van der Waals surface area (Å²) in [6.07, 6.45) is 2.53. The Morgan fingerprint density at radius 3 is 2.79 bits per heavy atom. The molecule has 3 heteroatoms. The van der Waals surface area contributed by atoms with Gasteiger partial charge in [0.25, 0.3) is 0 Å². The number of ether oxygens (including phenoxy) is 2. The van der Waals surface area contributed by atoms with Crippen molar-refractivity contribution in [3.63, 3.8) is 0 Å². The molecule has 1 saturated heterocycles. The van der Waals surface area contributed by atoms with Crippen molar-refractivity contribution in [3.05, 3.63) is 59.2 Å². The zero-order valence-electron chi connectivity index (χ0n) is 14.4. The van der Waals surface area contributed by atoms with Crippen LogP contribution in [0.3, 0.4) is 0 Å². The zero-order chi connectivity index (χ0) is 16.5. The lowest BCUT2D eigenvalue weighted by atomic mass is 9.77. The summed E-state index contributed by atoms with van der Waals surface area (Å²) in [5, 5.41) is 3.77. The lowest BCUT2D eigenvalue weighted by molar-refractivity contribution is -0.0381. The number of nitrogens with one attached hydrogen (secondary N) is 1. The minimum Gasteiger partial charge on any atom is -0.494 e. The van der Waals surface area contributed by atoms with E-state index >= 15 is 0 Å². The van der Waals surface area contributed by atoms with Crippen LogP contribution >= 0.6 is 0 Å². The van der Waals surface area contributed by atoms with Crippen LogP contribution in [0.2, 0.25) is 0 Å². The van der Waals surface area contributed by atoms with E-state index in [1.165, 1.54) is 28.8 Å². The van der Waals surface area contributed by atoms with Crippen molar-refractivity contribution in [1.82, 2.24) is 0 Å². The second-order valence-corrected chi connectivity index (χ2v) is 6.81. The first kappa shape index (κ1) is 15.5. The van der Waals surface area contributed by atoms with Crippen LogP contribution in [0.1, 0.15) is 48.6 Å². The van der Waals surface area contributed by atoms with Crippen LogP contribution in [0.25, 0.3) is 0 Å². The van der Waals surface area contributed by atoms with Crippen molar-refractivity contribution in [2.24, 2.45) is 5.92 Å². The number of anilines is 1. The molecule has 3 atom stereocenters. The summed E-state index contributed by atoms with van der Waals surface area (Å²) in [6.45, 7) is 5.73. The monoisotopic (exact) mass is 323 g/mol. The van der Waals surface area contributed by atoms with Crippen LogP contribution in [0.4, 0.5) is 5.69 Å². The van der Waals surface area contributed by atoms with Crippen molar-refractivity contribution in [2.45, 2.75) is 38.8 Å². The fraction of sp³-hybridized carbons (Fsp3) is 0.429. The van der Waals surface area contributed by atoms with E-state index in [1.807, 2.05) is 6.92 Å². The highest BCUT2D eigenvalue weighted by atomic mass is 16.5. The maximum absolute atomic E-state index is 6.21. The standard InChI is InChI=1S/C21H25NO2/c1-3-23-16-9-7-15(8-10-16)20-17-5-4-12-24-21(17)18-13-14(2)6-11-19(18)22-20/h6-11,13,17,20-22H,3-5,12H2,1-2H3. The molecule has 2 heterocycles. The summed E-state index contributed by atoms with van der Waals surface area (Å²) >= 11 is 0. The highest BCUT2D eigenvalue weighted by Crippen LogP contribution is 2.49. The van der Waals surface area contributed by atoms with Crippen LogP contribution < -0.4 is 10.1 Å². The van der Waals surface area contributed by atoms with Crippen molar-refractivity contribution < 1.29 is 9.47 Å². The van der Waals surface area contributed by atoms with Gasteiger partial charge in [0, 0.05) is 23.8 Å². The first-order valence-electron chi connectivity index (χ1n) is 8.97. The Morgan fingerprint density at radius 2 is 2.00 bits per heavy atom. The molecule has 0 amide bonds. The second-order valence-electron chi connectivity index (χ2n) is 6.81. The van der Waals surface area contributed by atoms with Crippen LogP contribution in [0, 0.1) is 12.8 Å². The van der Waals surface area contributed by atoms with Gasteiger partial charge in [-0.05, 0) is 50.5 Å². The molecule has 0 bridgehead atoms. The van der Waals surface area contributed by atoms with Gasteiger partial charge < -0.3 is 14.8 Å². The molecule has 0 saturated carbocycles. The Labute approximate surface area is 144 Å². The smallest absolute Gasteiger partial charge is 0.119 e. The van der Waals surface area contributed by atoms with Gasteiger partial charge >= 0.3 is 0 Å². The third-order valence-corrected chi connectivity index (χ3v) is 5.17. The Balaban J connectivity index is 1.69. The van der Waals surface area contributed by atoms with E-state index in [2.05, 4.69) is 54.7 Å². The highest BCUT2D eigenvalue weighted by molar-refractivity contribution is 5.58. The largest absolute Gasteiger partial charge is 0.494 e. The minimum atomic E-state index is 0.200. The van der Waals surface area contributed by atoms with Crippen LogP contribution in [-0.4, -0.2) is 13.2 Å². The molecule has 0 radical (unpaired) electrons. The normalized spacial score (nSPS) is 25.3. The quantitative estimate of drug-likeness (QED) is 0.859. The fourth-order valence-corrected chi connectivity index (χ4v) is 4.06. The van der Waals surface area contributed by atoms with E-state index in [4.69, 9.17) is 9.47 Å². The van der Waals surface area contributed by atoms with Gasteiger partial charge in [0.15, 0.2) is 0 Å². The van der Waals surface area contributed by atoms with Crippen molar-refractivity contribution in [2.75, 3.05) is 18.5 Å². The van der Waals surface area contributed by atoms with Gasteiger partial charge in [-0.3, -0.25) is 0 Å². The van der Waals surface area contributed by atoms with Crippen LogP contribution in [-0.2, 0) is 4.74 Å². The molecule has 1 N–H and O–H groups in total. The molecule has 2 aromatic carbocycles. The van der Waals surface area contributed by atoms with Gasteiger partial charge in [-0.15, -0.1) is 0 Å². The van der Waals surface area contributed by atoms with Gasteiger partial charge in [-0.25, -0.2) is 0 Å². The van der Waals surface area contributed by atoms with Crippen molar-refractivity contribution >= 4 is 5.69 Å². The molecule has 3 unspecified atom stereocenters. The molecule has 2 aliphatic heterocycles. The molecule has 0 spiro atoms. The lowest BCUT2D eigenvalue weighted by Crippen LogP contribution is -2.36. The van der Waals surface area contributed by atoms with Gasteiger partial charge in [-0.2, -0.15) is 0 Å². The summed E-state index contributed by atoms with van der Waals surface area (Å²) in [5.74, 6) is 1.41. The van der Waals surface area contributed by atoms with Crippen LogP contribution in [0.5, 0.6) is 5.75 Å². The SMILES string of the molecule is CCOc1ccc(C2Nc3ccc(C)cc3C3OCCCC23)cc1. The molecule has 24 heavy (non-hydrogen) atoms. The highest BCUT2D eigenvalue weighted by Gasteiger charge is 2.39. The summed E-state index contributed by atoms with van der Waals surface area (Å²) < 4.78 is 11.8. The van der Waals surface area contributed by atoms with Crippen molar-refractivity contribution in [3.8, 4) is 5.75 Å². The Kier molecular flexibility index (Phi) is 4.19. The second kappa shape index (κ2) is 6.48. The zero-order valence-corrected chi connectivity index (χ0v) is 14.4. The average molecular weight is 323 g/mol. The number of fused-ring (bicyclic) bond motifs is 3. The first-order valence-corrected chi connectivity index (χ1v) is 8.97. The van der Waals surface area contributed by atoms with Gasteiger partial charge in [0.2, 0.25) is 0 Å². The topological polar surface area (TPSA) is 30.5 Å². The van der Waals surface area contributed by atoms with E-state index in [-0.39, 0.29) is 6.10 Å². The summed E-state index contributed by atoms with van der Waals surface area (Å²) in [7, 11) is 0. The molecule has 0 aliphatic carbocycles. The van der Waals surface area contributed by atoms with Gasteiger partial charge in [-0.1, -0.05) is 29.8 Å². The number of aryl methyl sites for hydroxylation is 1. The van der Waals surface area contributed by atoms with E-state index in [9.17, 15) is 0 Å². The molecule has 0 aromatic heterocycles. The van der Waals surface area contributed by atoms with Gasteiger partial charge in [0.1, 0.15) is 5.75 Å². The summed E-state index contributed by atoms with van der Waals surface area (Å²) in [5.41, 5.74) is 5.14. The maximum Gasteiger partial charge on any atom is 0.119 e. The maximum atomic E-state index is 6.21. The molecular formula is C21H25NO2. The first-order chi connectivity index (χ1) is 11.8. The molecule has 2 aromatic rings. The van der Waals surface area contributed by atoms with E-state index in [0.717, 1.165) is 18.8 Å². The number of benzene rings is 2. The summed E-state index contributed by atoms with van der Waals surface area (Å²) in [4.78, 5) is 0. The predicted octanol–water partition coefficient (Wildman–Crippen LogP) is 5.03.